The zero-order valence-electron chi connectivity index (χ0n) is 18.3. The Hall–Kier alpha value is -2.32. The summed E-state index contributed by atoms with van der Waals surface area (Å²) < 4.78 is 0. The minimum Gasteiger partial charge on any atom is -0.359 e. The van der Waals surface area contributed by atoms with Crippen molar-refractivity contribution in [2.75, 3.05) is 36.4 Å². The Bertz CT molecular complexity index is 1030. The first-order valence-corrected chi connectivity index (χ1v) is 12.1. The molecule has 176 valence electrons. The fourth-order valence-electron chi connectivity index (χ4n) is 4.47. The number of benzene rings is 2. The van der Waals surface area contributed by atoms with Gasteiger partial charge in [0.2, 0.25) is 0 Å². The molecule has 4 rings (SSSR count). The van der Waals surface area contributed by atoms with Crippen molar-refractivity contribution in [1.82, 2.24) is 10.2 Å². The average molecular weight is 491 g/mol. The fraction of sp³-hybridized carbons (Fsp3) is 0.417. The standard InChI is InChI=1S/C24H28Cl2N4O3/c25-19-11-10-17(16-20(19)26)30-23(32)28-21-9-4-3-8-18(21)24(30,33)22(31)27-12-7-15-29-13-5-1-2-6-14-29/h3-4,8-11,16,33H,1-2,5-7,12-15H2,(H,27,31)(H,28,32)/t24-/m0/s1. The quantitative estimate of drug-likeness (QED) is 0.517. The number of hydrogen-bond acceptors (Lipinski definition) is 4. The Morgan fingerprint density at radius 3 is 2.52 bits per heavy atom. The summed E-state index contributed by atoms with van der Waals surface area (Å²) in [5.41, 5.74) is -1.35. The maximum Gasteiger partial charge on any atom is 0.329 e. The number of rotatable bonds is 6. The van der Waals surface area contributed by atoms with Crippen molar-refractivity contribution in [3.63, 3.8) is 0 Å². The topological polar surface area (TPSA) is 84.9 Å². The summed E-state index contributed by atoms with van der Waals surface area (Å²) in [6, 6.07) is 10.6. The second kappa shape index (κ2) is 10.3. The minimum absolute atomic E-state index is 0.209. The number of nitrogens with one attached hydrogen (secondary N) is 2. The largest absolute Gasteiger partial charge is 0.359 e. The van der Waals surface area contributed by atoms with E-state index in [0.717, 1.165) is 31.0 Å². The summed E-state index contributed by atoms with van der Waals surface area (Å²) in [6.45, 7) is 3.43. The Kier molecular flexibility index (Phi) is 7.44. The van der Waals surface area contributed by atoms with Crippen LogP contribution < -0.4 is 15.5 Å². The number of amides is 3. The van der Waals surface area contributed by atoms with Gasteiger partial charge in [0.25, 0.3) is 11.6 Å². The van der Waals surface area contributed by atoms with Gasteiger partial charge in [-0.25, -0.2) is 4.79 Å². The van der Waals surface area contributed by atoms with Crippen molar-refractivity contribution in [3.8, 4) is 0 Å². The van der Waals surface area contributed by atoms with Gasteiger partial charge in [0, 0.05) is 12.1 Å². The molecule has 7 nitrogen and oxygen atoms in total. The molecule has 9 heteroatoms. The van der Waals surface area contributed by atoms with Crippen LogP contribution in [0.15, 0.2) is 42.5 Å². The molecule has 3 amide bonds. The number of para-hydroxylation sites is 1. The molecular weight excluding hydrogens is 463 g/mol. The lowest BCUT2D eigenvalue weighted by molar-refractivity contribution is -0.140. The second-order valence-corrected chi connectivity index (χ2v) is 9.26. The van der Waals surface area contributed by atoms with Gasteiger partial charge in [0.05, 0.1) is 21.4 Å². The van der Waals surface area contributed by atoms with E-state index in [9.17, 15) is 14.7 Å². The normalized spacial score (nSPS) is 21.2. The molecule has 1 saturated heterocycles. The van der Waals surface area contributed by atoms with E-state index in [2.05, 4.69) is 15.5 Å². The number of carbonyl (C=O) groups is 2. The number of anilines is 2. The van der Waals surface area contributed by atoms with Gasteiger partial charge in [-0.2, -0.15) is 0 Å². The van der Waals surface area contributed by atoms with Crippen LogP contribution in [0.25, 0.3) is 0 Å². The Labute approximate surface area is 203 Å². The third kappa shape index (κ3) is 4.96. The molecule has 33 heavy (non-hydrogen) atoms. The van der Waals surface area contributed by atoms with Crippen LogP contribution in [0.4, 0.5) is 16.2 Å². The van der Waals surface area contributed by atoms with Crippen LogP contribution in [-0.4, -0.2) is 48.1 Å². The molecule has 0 spiro atoms. The van der Waals surface area contributed by atoms with Crippen LogP contribution in [-0.2, 0) is 10.5 Å². The molecule has 2 heterocycles. The van der Waals surface area contributed by atoms with Crippen molar-refractivity contribution in [1.29, 1.82) is 0 Å². The molecule has 0 saturated carbocycles. The number of likely N-dealkylation sites (tertiary alicyclic amines) is 1. The Morgan fingerprint density at radius 1 is 1.06 bits per heavy atom. The van der Waals surface area contributed by atoms with Crippen molar-refractivity contribution in [2.45, 2.75) is 37.8 Å². The molecule has 0 unspecified atom stereocenters. The molecular formula is C24H28Cl2N4O3. The summed E-state index contributed by atoms with van der Waals surface area (Å²) in [5, 5.41) is 17.9. The van der Waals surface area contributed by atoms with Gasteiger partial charge in [-0.3, -0.25) is 9.69 Å². The summed E-state index contributed by atoms with van der Waals surface area (Å²) in [5.74, 6) is -0.674. The predicted octanol–water partition coefficient (Wildman–Crippen LogP) is 4.57. The third-order valence-corrected chi connectivity index (χ3v) is 6.92. The lowest BCUT2D eigenvalue weighted by Crippen LogP contribution is -2.62. The molecule has 0 bridgehead atoms. The van der Waals surface area contributed by atoms with E-state index in [1.54, 1.807) is 30.3 Å². The number of urea groups is 1. The van der Waals surface area contributed by atoms with E-state index in [1.165, 1.54) is 37.8 Å². The highest BCUT2D eigenvalue weighted by molar-refractivity contribution is 6.42. The number of nitrogens with zero attached hydrogens (tertiary/aromatic N) is 2. The molecule has 1 atom stereocenters. The smallest absolute Gasteiger partial charge is 0.329 e. The van der Waals surface area contributed by atoms with Crippen LogP contribution in [0.5, 0.6) is 0 Å². The molecule has 2 aromatic rings. The van der Waals surface area contributed by atoms with Crippen molar-refractivity contribution >= 4 is 46.5 Å². The van der Waals surface area contributed by atoms with E-state index in [1.807, 2.05) is 0 Å². The van der Waals surface area contributed by atoms with E-state index in [-0.39, 0.29) is 16.3 Å². The maximum atomic E-state index is 13.4. The fourth-order valence-corrected chi connectivity index (χ4v) is 4.77. The van der Waals surface area contributed by atoms with E-state index in [0.29, 0.717) is 17.3 Å². The predicted molar refractivity (Wildman–Crippen MR) is 131 cm³/mol. The van der Waals surface area contributed by atoms with Crippen molar-refractivity contribution < 1.29 is 14.7 Å². The average Bonchev–Trinajstić information content (AvgIpc) is 3.08. The molecule has 2 aliphatic rings. The highest BCUT2D eigenvalue weighted by atomic mass is 35.5. The lowest BCUT2D eigenvalue weighted by atomic mass is 9.94. The zero-order chi connectivity index (χ0) is 23.4. The Balaban J connectivity index is 1.56. The highest BCUT2D eigenvalue weighted by Gasteiger charge is 2.51. The van der Waals surface area contributed by atoms with Crippen LogP contribution >= 0.6 is 23.2 Å². The zero-order valence-corrected chi connectivity index (χ0v) is 19.8. The van der Waals surface area contributed by atoms with Gasteiger partial charge < -0.3 is 20.6 Å². The summed E-state index contributed by atoms with van der Waals surface area (Å²) in [4.78, 5) is 29.9. The second-order valence-electron chi connectivity index (χ2n) is 8.45. The monoisotopic (exact) mass is 490 g/mol. The van der Waals surface area contributed by atoms with Gasteiger partial charge in [-0.1, -0.05) is 54.2 Å². The summed E-state index contributed by atoms with van der Waals surface area (Å²) >= 11 is 12.2. The number of hydrogen-bond donors (Lipinski definition) is 3. The highest BCUT2D eigenvalue weighted by Crippen LogP contribution is 2.41. The number of fused-ring (bicyclic) bond motifs is 1. The molecule has 2 aromatic carbocycles. The van der Waals surface area contributed by atoms with Gasteiger partial charge in [0.15, 0.2) is 0 Å². The van der Waals surface area contributed by atoms with Gasteiger partial charge in [0.1, 0.15) is 0 Å². The number of halogens is 2. The van der Waals surface area contributed by atoms with E-state index in [4.69, 9.17) is 23.2 Å². The minimum atomic E-state index is -2.25. The van der Waals surface area contributed by atoms with Crippen LogP contribution in [0.2, 0.25) is 10.0 Å². The van der Waals surface area contributed by atoms with Crippen LogP contribution in [0.3, 0.4) is 0 Å². The first kappa shape index (κ1) is 23.8. The van der Waals surface area contributed by atoms with Gasteiger partial charge in [-0.15, -0.1) is 0 Å². The summed E-state index contributed by atoms with van der Waals surface area (Å²) in [6.07, 6.45) is 5.70. The van der Waals surface area contributed by atoms with Crippen molar-refractivity contribution in [2.24, 2.45) is 0 Å². The first-order chi connectivity index (χ1) is 15.9. The van der Waals surface area contributed by atoms with Gasteiger partial charge >= 0.3 is 6.03 Å². The molecule has 0 aliphatic carbocycles. The third-order valence-electron chi connectivity index (χ3n) is 6.18. The number of carbonyl (C=O) groups excluding carboxylic acids is 2. The van der Waals surface area contributed by atoms with Crippen LogP contribution in [0.1, 0.15) is 37.7 Å². The molecule has 2 aliphatic heterocycles. The SMILES string of the molecule is O=C1Nc2ccccc2[C@](O)(C(=O)NCCCN2CCCCCC2)N1c1ccc(Cl)c(Cl)c1. The van der Waals surface area contributed by atoms with E-state index < -0.39 is 17.7 Å². The lowest BCUT2D eigenvalue weighted by Gasteiger charge is -2.42. The molecule has 0 radical (unpaired) electrons. The number of aliphatic hydroxyl groups is 1. The molecule has 1 fully saturated rings. The van der Waals surface area contributed by atoms with Gasteiger partial charge in [-0.05, 0) is 63.2 Å². The van der Waals surface area contributed by atoms with Crippen molar-refractivity contribution in [3.05, 3.63) is 58.1 Å². The first-order valence-electron chi connectivity index (χ1n) is 11.3. The maximum absolute atomic E-state index is 13.4. The summed E-state index contributed by atoms with van der Waals surface area (Å²) in [7, 11) is 0. The van der Waals surface area contributed by atoms with E-state index >= 15 is 0 Å². The molecule has 0 aromatic heterocycles. The molecule has 3 N–H and O–H groups in total. The van der Waals surface area contributed by atoms with Crippen LogP contribution in [0, 0.1) is 0 Å². The Morgan fingerprint density at radius 2 is 1.79 bits per heavy atom.